The van der Waals surface area contributed by atoms with Gasteiger partial charge in [0.2, 0.25) is 0 Å². The standard InChI is InChI=1S/C7H14N4S2/c8-6(12)11(7(9)13)4-5-1-2-10-3-5/h5,10H,1-4H2,(H2,8,12)(H2,9,13). The van der Waals surface area contributed by atoms with Crippen LogP contribution in [-0.4, -0.2) is 34.8 Å². The fourth-order valence-electron chi connectivity index (χ4n) is 1.42. The summed E-state index contributed by atoms with van der Waals surface area (Å²) >= 11 is 9.69. The van der Waals surface area contributed by atoms with Crippen molar-refractivity contribution in [1.82, 2.24) is 10.2 Å². The molecule has 74 valence electrons. The zero-order chi connectivity index (χ0) is 9.84. The molecule has 0 aromatic carbocycles. The molecule has 0 aliphatic carbocycles. The summed E-state index contributed by atoms with van der Waals surface area (Å²) in [5, 5.41) is 3.79. The van der Waals surface area contributed by atoms with Crippen LogP contribution in [0.15, 0.2) is 0 Å². The van der Waals surface area contributed by atoms with Gasteiger partial charge in [-0.25, -0.2) is 0 Å². The summed E-state index contributed by atoms with van der Waals surface area (Å²) in [5.41, 5.74) is 11.0. The molecule has 0 radical (unpaired) electrons. The lowest BCUT2D eigenvalue weighted by atomic mass is 10.1. The summed E-state index contributed by atoms with van der Waals surface area (Å²) in [6.45, 7) is 2.77. The maximum absolute atomic E-state index is 5.49. The van der Waals surface area contributed by atoms with Crippen LogP contribution in [0.4, 0.5) is 0 Å². The van der Waals surface area contributed by atoms with Crippen LogP contribution in [-0.2, 0) is 0 Å². The predicted octanol–water partition coefficient (Wildman–Crippen LogP) is -0.615. The van der Waals surface area contributed by atoms with Gasteiger partial charge in [-0.15, -0.1) is 0 Å². The van der Waals surface area contributed by atoms with Gasteiger partial charge >= 0.3 is 0 Å². The van der Waals surface area contributed by atoms with Crippen LogP contribution >= 0.6 is 24.4 Å². The average Bonchev–Trinajstić information content (AvgIpc) is 2.50. The molecule has 0 aromatic rings. The Morgan fingerprint density at radius 1 is 1.38 bits per heavy atom. The van der Waals surface area contributed by atoms with Crippen LogP contribution < -0.4 is 16.8 Å². The molecule has 1 heterocycles. The van der Waals surface area contributed by atoms with Gasteiger partial charge in [-0.3, -0.25) is 4.90 Å². The molecule has 1 saturated heterocycles. The van der Waals surface area contributed by atoms with Gasteiger partial charge < -0.3 is 16.8 Å². The van der Waals surface area contributed by atoms with E-state index in [2.05, 4.69) is 5.32 Å². The molecule has 0 spiro atoms. The third kappa shape index (κ3) is 3.06. The summed E-state index contributed by atoms with van der Waals surface area (Å²) < 4.78 is 0. The van der Waals surface area contributed by atoms with E-state index < -0.39 is 0 Å². The lowest BCUT2D eigenvalue weighted by molar-refractivity contribution is 0.461. The van der Waals surface area contributed by atoms with Gasteiger partial charge in [0.05, 0.1) is 0 Å². The molecule has 1 unspecified atom stereocenters. The molecule has 1 rings (SSSR count). The Balaban J connectivity index is 2.46. The van der Waals surface area contributed by atoms with Crippen molar-refractivity contribution in [2.75, 3.05) is 19.6 Å². The van der Waals surface area contributed by atoms with Crippen molar-refractivity contribution < 1.29 is 0 Å². The first-order valence-corrected chi connectivity index (χ1v) is 5.00. The number of thiocarbonyl (C=S) groups is 2. The van der Waals surface area contributed by atoms with E-state index >= 15 is 0 Å². The number of hydrogen-bond donors (Lipinski definition) is 3. The number of nitrogens with two attached hydrogens (primary N) is 2. The van der Waals surface area contributed by atoms with Gasteiger partial charge in [0.15, 0.2) is 10.2 Å². The van der Waals surface area contributed by atoms with Crippen molar-refractivity contribution in [1.29, 1.82) is 0 Å². The van der Waals surface area contributed by atoms with Gasteiger partial charge in [0.25, 0.3) is 0 Å². The minimum absolute atomic E-state index is 0.263. The van der Waals surface area contributed by atoms with Crippen molar-refractivity contribution in [2.24, 2.45) is 17.4 Å². The molecular formula is C7H14N4S2. The third-order valence-corrected chi connectivity index (χ3v) is 2.58. The molecule has 1 fully saturated rings. The highest BCUT2D eigenvalue weighted by atomic mass is 32.1. The average molecular weight is 218 g/mol. The van der Waals surface area contributed by atoms with Crippen LogP contribution in [0.1, 0.15) is 6.42 Å². The first-order chi connectivity index (χ1) is 6.11. The minimum atomic E-state index is 0.263. The Labute approximate surface area is 88.6 Å². The molecule has 6 heteroatoms. The molecule has 0 saturated carbocycles. The van der Waals surface area contributed by atoms with E-state index in [9.17, 15) is 0 Å². The zero-order valence-electron chi connectivity index (χ0n) is 7.32. The largest absolute Gasteiger partial charge is 0.376 e. The molecule has 13 heavy (non-hydrogen) atoms. The van der Waals surface area contributed by atoms with Crippen LogP contribution in [0.25, 0.3) is 0 Å². The van der Waals surface area contributed by atoms with Crippen molar-refractivity contribution in [3.05, 3.63) is 0 Å². The Morgan fingerprint density at radius 2 is 2.00 bits per heavy atom. The minimum Gasteiger partial charge on any atom is -0.376 e. The normalized spacial score (nSPS) is 21.4. The molecular weight excluding hydrogens is 204 g/mol. The number of rotatable bonds is 2. The monoisotopic (exact) mass is 218 g/mol. The first-order valence-electron chi connectivity index (χ1n) is 4.18. The molecule has 1 aliphatic rings. The highest BCUT2D eigenvalue weighted by molar-refractivity contribution is 7.81. The van der Waals surface area contributed by atoms with Crippen molar-refractivity contribution in [3.63, 3.8) is 0 Å². The molecule has 4 nitrogen and oxygen atoms in total. The van der Waals surface area contributed by atoms with Crippen LogP contribution in [0, 0.1) is 5.92 Å². The smallest absolute Gasteiger partial charge is 0.172 e. The number of nitrogens with zero attached hydrogens (tertiary/aromatic N) is 1. The summed E-state index contributed by atoms with van der Waals surface area (Å²) in [6, 6.07) is 0. The highest BCUT2D eigenvalue weighted by Crippen LogP contribution is 2.09. The molecule has 1 aliphatic heterocycles. The fraction of sp³-hybridized carbons (Fsp3) is 0.714. The maximum atomic E-state index is 5.49. The Hall–Kier alpha value is -0.460. The first kappa shape index (κ1) is 10.6. The second-order valence-corrected chi connectivity index (χ2v) is 3.98. The van der Waals surface area contributed by atoms with Gasteiger partial charge in [-0.1, -0.05) is 0 Å². The van der Waals surface area contributed by atoms with E-state index in [4.69, 9.17) is 35.9 Å². The Kier molecular flexibility index (Phi) is 3.83. The quantitative estimate of drug-likeness (QED) is 0.537. The van der Waals surface area contributed by atoms with Crippen molar-refractivity contribution >= 4 is 34.7 Å². The SMILES string of the molecule is NC(=S)N(CC1CCNC1)C(N)=S. The second kappa shape index (κ2) is 4.69. The van der Waals surface area contributed by atoms with Gasteiger partial charge in [-0.2, -0.15) is 0 Å². The number of hydrogen-bond acceptors (Lipinski definition) is 3. The van der Waals surface area contributed by atoms with E-state index in [1.54, 1.807) is 4.90 Å². The summed E-state index contributed by atoms with van der Waals surface area (Å²) in [7, 11) is 0. The lowest BCUT2D eigenvalue weighted by Crippen LogP contribution is -2.46. The second-order valence-electron chi connectivity index (χ2n) is 3.15. The fourth-order valence-corrected chi connectivity index (χ4v) is 1.82. The molecule has 5 N–H and O–H groups in total. The summed E-state index contributed by atoms with van der Waals surface area (Å²) in [4.78, 5) is 1.61. The molecule has 0 bridgehead atoms. The maximum Gasteiger partial charge on any atom is 0.172 e. The third-order valence-electron chi connectivity index (χ3n) is 2.14. The summed E-state index contributed by atoms with van der Waals surface area (Å²) in [6.07, 6.45) is 1.13. The van der Waals surface area contributed by atoms with E-state index in [0.29, 0.717) is 5.92 Å². The topological polar surface area (TPSA) is 67.3 Å². The van der Waals surface area contributed by atoms with Crippen molar-refractivity contribution in [2.45, 2.75) is 6.42 Å². The Morgan fingerprint density at radius 3 is 2.38 bits per heavy atom. The van der Waals surface area contributed by atoms with Gasteiger partial charge in [0.1, 0.15) is 0 Å². The van der Waals surface area contributed by atoms with Gasteiger partial charge in [0, 0.05) is 6.54 Å². The van der Waals surface area contributed by atoms with E-state index in [1.807, 2.05) is 0 Å². The van der Waals surface area contributed by atoms with Gasteiger partial charge in [-0.05, 0) is 49.9 Å². The lowest BCUT2D eigenvalue weighted by Gasteiger charge is -2.23. The Bertz CT molecular complexity index is 199. The van der Waals surface area contributed by atoms with E-state index in [1.165, 1.54) is 0 Å². The molecule has 0 aromatic heterocycles. The summed E-state index contributed by atoms with van der Waals surface area (Å²) in [5.74, 6) is 0.544. The zero-order valence-corrected chi connectivity index (χ0v) is 8.96. The van der Waals surface area contributed by atoms with E-state index in [-0.39, 0.29) is 10.2 Å². The predicted molar refractivity (Wildman–Crippen MR) is 61.3 cm³/mol. The number of nitrogens with one attached hydrogen (secondary N) is 1. The molecule has 0 amide bonds. The highest BCUT2D eigenvalue weighted by Gasteiger charge is 2.19. The van der Waals surface area contributed by atoms with Crippen LogP contribution in [0.2, 0.25) is 0 Å². The van der Waals surface area contributed by atoms with Crippen molar-refractivity contribution in [3.8, 4) is 0 Å². The van der Waals surface area contributed by atoms with Crippen LogP contribution in [0.5, 0.6) is 0 Å². The van der Waals surface area contributed by atoms with Crippen LogP contribution in [0.3, 0.4) is 0 Å². The van der Waals surface area contributed by atoms with E-state index in [0.717, 1.165) is 26.1 Å². The molecule has 1 atom stereocenters.